The van der Waals surface area contributed by atoms with Gasteiger partial charge in [-0.2, -0.15) is 5.10 Å². The number of hydrogen-bond acceptors (Lipinski definition) is 5. The van der Waals surface area contributed by atoms with Crippen molar-refractivity contribution in [2.24, 2.45) is 5.10 Å². The van der Waals surface area contributed by atoms with Gasteiger partial charge in [0.05, 0.1) is 6.21 Å². The second kappa shape index (κ2) is 11.8. The van der Waals surface area contributed by atoms with Crippen LogP contribution in [0, 0.1) is 6.92 Å². The van der Waals surface area contributed by atoms with E-state index in [9.17, 15) is 14.4 Å². The average Bonchev–Trinajstić information content (AvgIpc) is 2.83. The van der Waals surface area contributed by atoms with Gasteiger partial charge in [0.2, 0.25) is 0 Å². The second-order valence-corrected chi connectivity index (χ2v) is 7.11. The van der Waals surface area contributed by atoms with E-state index in [1.807, 2.05) is 49.4 Å². The van der Waals surface area contributed by atoms with Gasteiger partial charge in [0.25, 0.3) is 5.91 Å². The van der Waals surface area contributed by atoms with Gasteiger partial charge in [-0.15, -0.1) is 0 Å². The molecule has 0 aliphatic heterocycles. The summed E-state index contributed by atoms with van der Waals surface area (Å²) >= 11 is 0. The molecule has 0 spiro atoms. The SMILES string of the molecule is Cc1ccc(CNC(=O)C(=O)N/N=C\c2ccccc2OCC(=O)Nc2ccccc2)cc1. The van der Waals surface area contributed by atoms with E-state index < -0.39 is 11.8 Å². The molecule has 3 aromatic carbocycles. The number of hydrogen-bond donors (Lipinski definition) is 3. The molecule has 3 aromatic rings. The fourth-order valence-electron chi connectivity index (χ4n) is 2.76. The molecule has 3 amide bonds. The van der Waals surface area contributed by atoms with E-state index in [2.05, 4.69) is 21.2 Å². The number of nitrogens with one attached hydrogen (secondary N) is 3. The second-order valence-electron chi connectivity index (χ2n) is 7.11. The molecular formula is C25H24N4O4. The van der Waals surface area contributed by atoms with E-state index in [1.54, 1.807) is 36.4 Å². The predicted octanol–water partition coefficient (Wildman–Crippen LogP) is 2.78. The van der Waals surface area contributed by atoms with Crippen LogP contribution < -0.4 is 20.8 Å². The number of para-hydroxylation sites is 2. The van der Waals surface area contributed by atoms with Gasteiger partial charge in [-0.05, 0) is 36.8 Å². The highest BCUT2D eigenvalue weighted by molar-refractivity contribution is 6.35. The van der Waals surface area contributed by atoms with Crippen molar-refractivity contribution in [1.82, 2.24) is 10.7 Å². The Hall–Kier alpha value is -4.46. The third kappa shape index (κ3) is 7.62. The smallest absolute Gasteiger partial charge is 0.329 e. The van der Waals surface area contributed by atoms with E-state index in [1.165, 1.54) is 6.21 Å². The van der Waals surface area contributed by atoms with Crippen molar-refractivity contribution in [2.75, 3.05) is 11.9 Å². The standard InChI is InChI=1S/C25H24N4O4/c1-18-11-13-19(14-12-18)15-26-24(31)25(32)29-27-16-20-7-5-6-10-22(20)33-17-23(30)28-21-8-3-2-4-9-21/h2-14,16H,15,17H2,1H3,(H,26,31)(H,28,30)(H,29,32)/b27-16-. The van der Waals surface area contributed by atoms with Crippen LogP contribution in [0.4, 0.5) is 5.69 Å². The number of anilines is 1. The van der Waals surface area contributed by atoms with Crippen molar-refractivity contribution in [2.45, 2.75) is 13.5 Å². The molecule has 0 aromatic heterocycles. The van der Waals surface area contributed by atoms with E-state index in [0.29, 0.717) is 17.0 Å². The highest BCUT2D eigenvalue weighted by Gasteiger charge is 2.12. The molecule has 0 fully saturated rings. The molecule has 3 rings (SSSR count). The number of carbonyl (C=O) groups excluding carboxylic acids is 3. The maximum atomic E-state index is 12.1. The van der Waals surface area contributed by atoms with E-state index in [-0.39, 0.29) is 19.1 Å². The van der Waals surface area contributed by atoms with Crippen molar-refractivity contribution < 1.29 is 19.1 Å². The molecule has 0 heterocycles. The molecule has 8 heteroatoms. The Morgan fingerprint density at radius 1 is 0.879 bits per heavy atom. The lowest BCUT2D eigenvalue weighted by Gasteiger charge is -2.09. The Kier molecular flexibility index (Phi) is 8.30. The number of hydrazone groups is 1. The molecule has 0 bridgehead atoms. The zero-order chi connectivity index (χ0) is 23.5. The summed E-state index contributed by atoms with van der Waals surface area (Å²) in [6.45, 7) is 2.00. The Bertz CT molecular complexity index is 1130. The monoisotopic (exact) mass is 444 g/mol. The number of nitrogens with zero attached hydrogens (tertiary/aromatic N) is 1. The molecule has 168 valence electrons. The third-order valence-electron chi connectivity index (χ3n) is 4.48. The number of ether oxygens (including phenoxy) is 1. The summed E-state index contributed by atoms with van der Waals surface area (Å²) in [5, 5.41) is 9.09. The first-order valence-electron chi connectivity index (χ1n) is 10.2. The lowest BCUT2D eigenvalue weighted by molar-refractivity contribution is -0.139. The van der Waals surface area contributed by atoms with Gasteiger partial charge in [0.15, 0.2) is 6.61 Å². The van der Waals surface area contributed by atoms with Crippen LogP contribution in [0.25, 0.3) is 0 Å². The molecule has 0 atom stereocenters. The molecule has 0 aliphatic rings. The fourth-order valence-corrected chi connectivity index (χ4v) is 2.76. The quantitative estimate of drug-likeness (QED) is 0.282. The Morgan fingerprint density at radius 3 is 2.33 bits per heavy atom. The molecule has 8 nitrogen and oxygen atoms in total. The number of carbonyl (C=O) groups is 3. The number of rotatable bonds is 8. The van der Waals surface area contributed by atoms with Gasteiger partial charge in [-0.25, -0.2) is 5.43 Å². The van der Waals surface area contributed by atoms with Crippen LogP contribution in [0.1, 0.15) is 16.7 Å². The molecular weight excluding hydrogens is 420 g/mol. The summed E-state index contributed by atoms with van der Waals surface area (Å²) in [6.07, 6.45) is 1.34. The van der Waals surface area contributed by atoms with Crippen LogP contribution >= 0.6 is 0 Å². The highest BCUT2D eigenvalue weighted by atomic mass is 16.5. The first-order chi connectivity index (χ1) is 16.0. The normalized spacial score (nSPS) is 10.5. The van der Waals surface area contributed by atoms with Crippen molar-refractivity contribution in [3.63, 3.8) is 0 Å². The zero-order valence-electron chi connectivity index (χ0n) is 18.1. The molecule has 0 aliphatic carbocycles. The summed E-state index contributed by atoms with van der Waals surface area (Å²) in [6, 6.07) is 23.5. The minimum atomic E-state index is -0.890. The average molecular weight is 444 g/mol. The zero-order valence-corrected chi connectivity index (χ0v) is 18.1. The van der Waals surface area contributed by atoms with Gasteiger partial charge in [-0.3, -0.25) is 14.4 Å². The Balaban J connectivity index is 1.48. The van der Waals surface area contributed by atoms with Crippen molar-refractivity contribution >= 4 is 29.6 Å². The van der Waals surface area contributed by atoms with Gasteiger partial charge >= 0.3 is 11.8 Å². The number of benzene rings is 3. The van der Waals surface area contributed by atoms with Crippen LogP contribution in [-0.4, -0.2) is 30.5 Å². The summed E-state index contributed by atoms with van der Waals surface area (Å²) in [5.74, 6) is -1.59. The molecule has 0 saturated carbocycles. The topological polar surface area (TPSA) is 109 Å². The molecule has 33 heavy (non-hydrogen) atoms. The van der Waals surface area contributed by atoms with Gasteiger partial charge in [-0.1, -0.05) is 60.2 Å². The van der Waals surface area contributed by atoms with Crippen LogP contribution in [-0.2, 0) is 20.9 Å². The van der Waals surface area contributed by atoms with Crippen LogP contribution in [0.15, 0.2) is 84.0 Å². The number of aryl methyl sites for hydroxylation is 1. The molecule has 0 saturated heterocycles. The van der Waals surface area contributed by atoms with E-state index in [4.69, 9.17) is 4.74 Å². The summed E-state index contributed by atoms with van der Waals surface area (Å²) in [4.78, 5) is 36.0. The first-order valence-corrected chi connectivity index (χ1v) is 10.2. The third-order valence-corrected chi connectivity index (χ3v) is 4.48. The van der Waals surface area contributed by atoms with Gasteiger partial charge in [0.1, 0.15) is 5.75 Å². The summed E-state index contributed by atoms with van der Waals surface area (Å²) in [7, 11) is 0. The lowest BCUT2D eigenvalue weighted by atomic mass is 10.1. The minimum absolute atomic E-state index is 0.201. The van der Waals surface area contributed by atoms with Crippen molar-refractivity contribution in [3.8, 4) is 5.75 Å². The Morgan fingerprint density at radius 2 is 1.58 bits per heavy atom. The lowest BCUT2D eigenvalue weighted by Crippen LogP contribution is -2.37. The van der Waals surface area contributed by atoms with Crippen LogP contribution in [0.5, 0.6) is 5.75 Å². The van der Waals surface area contributed by atoms with E-state index in [0.717, 1.165) is 11.1 Å². The van der Waals surface area contributed by atoms with Crippen molar-refractivity contribution in [3.05, 3.63) is 95.6 Å². The van der Waals surface area contributed by atoms with Crippen LogP contribution in [0.2, 0.25) is 0 Å². The Labute approximate surface area is 191 Å². The maximum Gasteiger partial charge on any atom is 0.329 e. The first kappa shape index (κ1) is 23.2. The molecule has 0 unspecified atom stereocenters. The predicted molar refractivity (Wildman–Crippen MR) is 126 cm³/mol. The summed E-state index contributed by atoms with van der Waals surface area (Å²) < 4.78 is 5.58. The minimum Gasteiger partial charge on any atom is -0.483 e. The summed E-state index contributed by atoms with van der Waals surface area (Å²) in [5.41, 5.74) is 5.38. The van der Waals surface area contributed by atoms with E-state index >= 15 is 0 Å². The van der Waals surface area contributed by atoms with Gasteiger partial charge < -0.3 is 15.4 Å². The molecule has 0 radical (unpaired) electrons. The fraction of sp³-hybridized carbons (Fsp3) is 0.120. The highest BCUT2D eigenvalue weighted by Crippen LogP contribution is 2.16. The van der Waals surface area contributed by atoms with Crippen LogP contribution in [0.3, 0.4) is 0 Å². The van der Waals surface area contributed by atoms with Crippen molar-refractivity contribution in [1.29, 1.82) is 0 Å². The molecule has 3 N–H and O–H groups in total. The maximum absolute atomic E-state index is 12.1. The van der Waals surface area contributed by atoms with Gasteiger partial charge in [0, 0.05) is 17.8 Å². The number of amides is 3. The largest absolute Gasteiger partial charge is 0.483 e.